The minimum atomic E-state index is -0.959. The number of amides is 2. The molecule has 2 heterocycles. The van der Waals surface area contributed by atoms with Crippen LogP contribution in [0.3, 0.4) is 0 Å². The van der Waals surface area contributed by atoms with Crippen molar-refractivity contribution in [3.63, 3.8) is 0 Å². The molecule has 2 fully saturated rings. The number of carbonyl (C=O) groups is 3. The van der Waals surface area contributed by atoms with Crippen molar-refractivity contribution in [1.82, 2.24) is 9.80 Å². The number of carboxylic acid groups (broad SMARTS) is 1. The van der Waals surface area contributed by atoms with Gasteiger partial charge in [0.15, 0.2) is 0 Å². The molecule has 0 saturated carbocycles. The molecule has 21 heavy (non-hydrogen) atoms. The van der Waals surface area contributed by atoms with Gasteiger partial charge in [-0.05, 0) is 19.3 Å². The van der Waals surface area contributed by atoms with Crippen LogP contribution >= 0.6 is 0 Å². The first-order chi connectivity index (χ1) is 9.93. The number of aliphatic carboxylic acids is 1. The Kier molecular flexibility index (Phi) is 4.54. The summed E-state index contributed by atoms with van der Waals surface area (Å²) in [6, 6.07) is 0.123. The van der Waals surface area contributed by atoms with Crippen LogP contribution in [0.15, 0.2) is 0 Å². The lowest BCUT2D eigenvalue weighted by Crippen LogP contribution is -2.54. The average Bonchev–Trinajstić information content (AvgIpc) is 2.85. The first-order valence-electron chi connectivity index (χ1n) is 7.74. The standard InChI is InChI=1S/C15H24N2O4/c1-3-15(4-2,14(20)21)9-13(19)16-7-8-17-11(10-16)5-6-12(17)18/h11H,3-10H2,1-2H3,(H,20,21). The molecule has 2 amide bonds. The summed E-state index contributed by atoms with van der Waals surface area (Å²) in [6.07, 6.45) is 2.32. The highest BCUT2D eigenvalue weighted by molar-refractivity contribution is 5.85. The van der Waals surface area contributed by atoms with Gasteiger partial charge < -0.3 is 14.9 Å². The van der Waals surface area contributed by atoms with Gasteiger partial charge >= 0.3 is 5.97 Å². The first-order valence-corrected chi connectivity index (χ1v) is 7.74. The van der Waals surface area contributed by atoms with E-state index in [0.717, 1.165) is 6.42 Å². The summed E-state index contributed by atoms with van der Waals surface area (Å²) in [7, 11) is 0. The normalized spacial score (nSPS) is 22.4. The number of hydrogen-bond acceptors (Lipinski definition) is 3. The van der Waals surface area contributed by atoms with Crippen LogP contribution < -0.4 is 0 Å². The van der Waals surface area contributed by atoms with E-state index < -0.39 is 11.4 Å². The van der Waals surface area contributed by atoms with Crippen molar-refractivity contribution in [1.29, 1.82) is 0 Å². The molecule has 1 unspecified atom stereocenters. The Morgan fingerprint density at radius 3 is 2.52 bits per heavy atom. The number of fused-ring (bicyclic) bond motifs is 1. The van der Waals surface area contributed by atoms with Gasteiger partial charge in [0.2, 0.25) is 11.8 Å². The maximum atomic E-state index is 12.5. The van der Waals surface area contributed by atoms with Crippen molar-refractivity contribution in [3.05, 3.63) is 0 Å². The number of carboxylic acids is 1. The third kappa shape index (κ3) is 2.89. The summed E-state index contributed by atoms with van der Waals surface area (Å²) in [6.45, 7) is 5.28. The summed E-state index contributed by atoms with van der Waals surface area (Å²) < 4.78 is 0. The lowest BCUT2D eigenvalue weighted by molar-refractivity contribution is -0.155. The van der Waals surface area contributed by atoms with Crippen molar-refractivity contribution in [2.24, 2.45) is 5.41 Å². The van der Waals surface area contributed by atoms with Crippen LogP contribution in [0, 0.1) is 5.41 Å². The molecular weight excluding hydrogens is 272 g/mol. The van der Waals surface area contributed by atoms with E-state index in [9.17, 15) is 19.5 Å². The van der Waals surface area contributed by atoms with Gasteiger partial charge in [-0.25, -0.2) is 0 Å². The van der Waals surface area contributed by atoms with Gasteiger partial charge in [-0.3, -0.25) is 14.4 Å². The molecule has 0 bridgehead atoms. The van der Waals surface area contributed by atoms with Crippen LogP contribution in [0.5, 0.6) is 0 Å². The minimum absolute atomic E-state index is 0.0516. The molecule has 2 aliphatic rings. The number of nitrogens with zero attached hydrogens (tertiary/aromatic N) is 2. The molecular formula is C15H24N2O4. The number of piperazine rings is 1. The van der Waals surface area contributed by atoms with E-state index in [4.69, 9.17) is 0 Å². The highest BCUT2D eigenvalue weighted by atomic mass is 16.4. The predicted molar refractivity (Wildman–Crippen MR) is 76.6 cm³/mol. The van der Waals surface area contributed by atoms with Gasteiger partial charge in [0.25, 0.3) is 0 Å². The second kappa shape index (κ2) is 6.03. The average molecular weight is 296 g/mol. The topological polar surface area (TPSA) is 77.9 Å². The molecule has 0 radical (unpaired) electrons. The van der Waals surface area contributed by atoms with Gasteiger partial charge in [0, 0.05) is 38.5 Å². The van der Waals surface area contributed by atoms with Crippen LogP contribution in [0.2, 0.25) is 0 Å². The lowest BCUT2D eigenvalue weighted by Gasteiger charge is -2.39. The molecule has 1 N–H and O–H groups in total. The summed E-state index contributed by atoms with van der Waals surface area (Å²) >= 11 is 0. The SMILES string of the molecule is CCC(CC)(CC(=O)N1CCN2C(=O)CCC2C1)C(=O)O. The zero-order valence-corrected chi connectivity index (χ0v) is 12.8. The Balaban J connectivity index is 2.01. The van der Waals surface area contributed by atoms with Crippen LogP contribution in [0.25, 0.3) is 0 Å². The lowest BCUT2D eigenvalue weighted by atomic mass is 9.79. The Morgan fingerprint density at radius 2 is 1.95 bits per heavy atom. The van der Waals surface area contributed by atoms with Gasteiger partial charge in [0.1, 0.15) is 0 Å². The molecule has 0 spiro atoms. The molecule has 118 valence electrons. The minimum Gasteiger partial charge on any atom is -0.481 e. The molecule has 0 aliphatic carbocycles. The summed E-state index contributed by atoms with van der Waals surface area (Å²) in [5.41, 5.74) is -0.959. The number of rotatable bonds is 5. The van der Waals surface area contributed by atoms with Gasteiger partial charge in [-0.15, -0.1) is 0 Å². The monoisotopic (exact) mass is 296 g/mol. The van der Waals surface area contributed by atoms with E-state index in [1.54, 1.807) is 4.90 Å². The molecule has 0 aromatic carbocycles. The first kappa shape index (κ1) is 15.8. The van der Waals surface area contributed by atoms with Gasteiger partial charge in [0.05, 0.1) is 5.41 Å². The maximum absolute atomic E-state index is 12.5. The fourth-order valence-electron chi connectivity index (χ4n) is 3.37. The third-order valence-corrected chi connectivity index (χ3v) is 5.14. The van der Waals surface area contributed by atoms with Crippen molar-refractivity contribution < 1.29 is 19.5 Å². The largest absolute Gasteiger partial charge is 0.481 e. The molecule has 2 rings (SSSR count). The van der Waals surface area contributed by atoms with Crippen LogP contribution in [-0.2, 0) is 14.4 Å². The van der Waals surface area contributed by atoms with Crippen LogP contribution in [-0.4, -0.2) is 58.4 Å². The van der Waals surface area contributed by atoms with E-state index in [1.807, 2.05) is 18.7 Å². The highest BCUT2D eigenvalue weighted by Crippen LogP contribution is 2.32. The third-order valence-electron chi connectivity index (χ3n) is 5.14. The van der Waals surface area contributed by atoms with Crippen molar-refractivity contribution >= 4 is 17.8 Å². The second-order valence-corrected chi connectivity index (χ2v) is 6.09. The maximum Gasteiger partial charge on any atom is 0.310 e. The fraction of sp³-hybridized carbons (Fsp3) is 0.800. The van der Waals surface area contributed by atoms with E-state index in [-0.39, 0.29) is 24.3 Å². The predicted octanol–water partition coefficient (Wildman–Crippen LogP) is 1.10. The highest BCUT2D eigenvalue weighted by Gasteiger charge is 2.41. The Bertz CT molecular complexity index is 445. The molecule has 2 aliphatic heterocycles. The van der Waals surface area contributed by atoms with E-state index in [2.05, 4.69) is 0 Å². The van der Waals surface area contributed by atoms with E-state index in [0.29, 0.717) is 38.9 Å². The molecule has 6 heteroatoms. The van der Waals surface area contributed by atoms with Gasteiger partial charge in [-0.2, -0.15) is 0 Å². The van der Waals surface area contributed by atoms with Crippen molar-refractivity contribution in [2.45, 2.75) is 52.0 Å². The number of hydrogen-bond donors (Lipinski definition) is 1. The molecule has 2 saturated heterocycles. The zero-order valence-electron chi connectivity index (χ0n) is 12.8. The van der Waals surface area contributed by atoms with Gasteiger partial charge in [-0.1, -0.05) is 13.8 Å². The summed E-state index contributed by atoms with van der Waals surface area (Å²) in [5.74, 6) is -0.815. The zero-order chi connectivity index (χ0) is 15.6. The molecule has 1 atom stereocenters. The quantitative estimate of drug-likeness (QED) is 0.824. The van der Waals surface area contributed by atoms with E-state index >= 15 is 0 Å². The number of carbonyl (C=O) groups excluding carboxylic acids is 2. The summed E-state index contributed by atoms with van der Waals surface area (Å²) in [5, 5.41) is 9.43. The summed E-state index contributed by atoms with van der Waals surface area (Å²) in [4.78, 5) is 39.2. The molecule has 6 nitrogen and oxygen atoms in total. The van der Waals surface area contributed by atoms with Crippen molar-refractivity contribution in [3.8, 4) is 0 Å². The second-order valence-electron chi connectivity index (χ2n) is 6.09. The van der Waals surface area contributed by atoms with Crippen LogP contribution in [0.4, 0.5) is 0 Å². The smallest absolute Gasteiger partial charge is 0.310 e. The van der Waals surface area contributed by atoms with Crippen LogP contribution in [0.1, 0.15) is 46.0 Å². The Morgan fingerprint density at radius 1 is 1.29 bits per heavy atom. The van der Waals surface area contributed by atoms with Crippen molar-refractivity contribution in [2.75, 3.05) is 19.6 Å². The molecule has 0 aromatic heterocycles. The molecule has 0 aromatic rings. The Hall–Kier alpha value is -1.59. The Labute approximate surface area is 125 Å². The fourth-order valence-corrected chi connectivity index (χ4v) is 3.37. The van der Waals surface area contributed by atoms with E-state index in [1.165, 1.54) is 0 Å².